The molecule has 0 aromatic heterocycles. The van der Waals surface area contributed by atoms with Crippen molar-refractivity contribution in [3.63, 3.8) is 0 Å². The van der Waals surface area contributed by atoms with Crippen LogP contribution in [0.15, 0.2) is 0 Å². The van der Waals surface area contributed by atoms with Crippen molar-refractivity contribution in [1.82, 2.24) is 0 Å². The lowest BCUT2D eigenvalue weighted by Gasteiger charge is -2.19. The van der Waals surface area contributed by atoms with Crippen molar-refractivity contribution in [2.24, 2.45) is 10.8 Å². The van der Waals surface area contributed by atoms with Crippen LogP contribution in [0.5, 0.6) is 0 Å². The van der Waals surface area contributed by atoms with Gasteiger partial charge in [0, 0.05) is 22.3 Å². The van der Waals surface area contributed by atoms with Gasteiger partial charge in [-0.2, -0.15) is 12.6 Å². The van der Waals surface area contributed by atoms with E-state index in [1.54, 1.807) is 0 Å². The average molecular weight is 473 g/mol. The van der Waals surface area contributed by atoms with E-state index in [1.807, 2.05) is 41.5 Å². The molecule has 0 rings (SSSR count). The van der Waals surface area contributed by atoms with Crippen molar-refractivity contribution >= 4 is 58.3 Å². The number of rotatable bonds is 9. The molecular weight excluding hydrogens is 436 g/mol. The Morgan fingerprint density at radius 1 is 0.862 bits per heavy atom. The summed E-state index contributed by atoms with van der Waals surface area (Å²) in [5, 5.41) is -0.107. The van der Waals surface area contributed by atoms with Crippen molar-refractivity contribution < 1.29 is 28.7 Å². The molecule has 0 aromatic rings. The number of esters is 2. The molecule has 0 saturated carbocycles. The molecule has 0 heterocycles. The van der Waals surface area contributed by atoms with Crippen molar-refractivity contribution in [1.29, 1.82) is 0 Å². The maximum Gasteiger partial charge on any atom is 0.306 e. The van der Waals surface area contributed by atoms with Gasteiger partial charge in [0.25, 0.3) is 0 Å². The Morgan fingerprint density at radius 2 is 1.28 bits per heavy atom. The third kappa shape index (κ3) is 19.0. The van der Waals surface area contributed by atoms with Gasteiger partial charge in [-0.3, -0.25) is 19.2 Å². The van der Waals surface area contributed by atoms with Crippen LogP contribution in [0.2, 0.25) is 0 Å². The lowest BCUT2D eigenvalue weighted by Crippen LogP contribution is -2.20. The van der Waals surface area contributed by atoms with Gasteiger partial charge in [-0.25, -0.2) is 0 Å². The second-order valence-corrected chi connectivity index (χ2v) is 9.12. The smallest absolute Gasteiger partial charge is 0.306 e. The molecule has 0 N–H and O–H groups in total. The Hall–Kier alpha value is -0.730. The molecule has 172 valence electrons. The van der Waals surface area contributed by atoms with Crippen LogP contribution in [0.3, 0.4) is 0 Å². The molecule has 0 spiro atoms. The van der Waals surface area contributed by atoms with Crippen LogP contribution in [-0.4, -0.2) is 48.0 Å². The van der Waals surface area contributed by atoms with Crippen LogP contribution in [0.1, 0.15) is 67.2 Å². The third-order valence-corrected chi connectivity index (χ3v) is 6.12. The highest BCUT2D eigenvalue weighted by molar-refractivity contribution is 8.13. The van der Waals surface area contributed by atoms with Crippen LogP contribution in [0.25, 0.3) is 0 Å². The van der Waals surface area contributed by atoms with Crippen LogP contribution < -0.4 is 0 Å². The van der Waals surface area contributed by atoms with E-state index in [0.29, 0.717) is 24.3 Å². The molecule has 0 radical (unpaired) electrons. The number of hydrogen-bond donors (Lipinski definition) is 1. The molecule has 9 heteroatoms. The number of halogens is 1. The second-order valence-electron chi connectivity index (χ2n) is 7.26. The molecule has 0 unspecified atom stereocenters. The summed E-state index contributed by atoms with van der Waals surface area (Å²) < 4.78 is 8.78. The maximum absolute atomic E-state index is 11.6. The van der Waals surface area contributed by atoms with E-state index in [4.69, 9.17) is 11.6 Å². The molecule has 0 fully saturated rings. The zero-order valence-corrected chi connectivity index (χ0v) is 21.4. The van der Waals surface area contributed by atoms with Crippen molar-refractivity contribution in [2.75, 3.05) is 25.7 Å². The number of carbonyl (C=O) groups excluding carboxylic acids is 4. The molecule has 6 nitrogen and oxygen atoms in total. The molecule has 0 aromatic carbocycles. The SMILES string of the molecule is CCC(C)(C)C(=O)Cl.CCC(C)(C)C(=O)SCCC(=O)OC.COC(=O)CCS. The van der Waals surface area contributed by atoms with Crippen LogP contribution in [-0.2, 0) is 28.7 Å². The van der Waals surface area contributed by atoms with Crippen LogP contribution in [0.4, 0.5) is 0 Å². The van der Waals surface area contributed by atoms with E-state index in [0.717, 1.165) is 12.8 Å². The number of ether oxygens (including phenoxy) is 2. The van der Waals surface area contributed by atoms with Crippen molar-refractivity contribution in [3.8, 4) is 0 Å². The summed E-state index contributed by atoms with van der Waals surface area (Å²) in [6.45, 7) is 11.4. The minimum absolute atomic E-state index is 0.143. The molecule has 0 aliphatic rings. The standard InChI is InChI=1S/C10H18O3S.C6H11ClO.C4H8O2S/c1-5-10(2,3)9(12)14-7-6-8(11)13-4;1-4-6(2,3)5(7)8;1-6-4(5)2-3-7/h5-7H2,1-4H3;4H2,1-3H3;7H,2-3H2,1H3. The van der Waals surface area contributed by atoms with Gasteiger partial charge < -0.3 is 9.47 Å². The topological polar surface area (TPSA) is 86.7 Å². The lowest BCUT2D eigenvalue weighted by atomic mass is 9.92. The third-order valence-electron chi connectivity index (χ3n) is 4.16. The molecule has 0 atom stereocenters. The van der Waals surface area contributed by atoms with Crippen molar-refractivity contribution in [2.45, 2.75) is 67.2 Å². The number of thiol groups is 1. The Kier molecular flexibility index (Phi) is 20.5. The first-order valence-electron chi connectivity index (χ1n) is 9.37. The van der Waals surface area contributed by atoms with Gasteiger partial charge in [-0.15, -0.1) is 0 Å². The number of hydrogen-bond acceptors (Lipinski definition) is 8. The van der Waals surface area contributed by atoms with Gasteiger partial charge in [-0.05, 0) is 24.4 Å². The van der Waals surface area contributed by atoms with Gasteiger partial charge in [0.15, 0.2) is 5.12 Å². The minimum Gasteiger partial charge on any atom is -0.469 e. The monoisotopic (exact) mass is 472 g/mol. The van der Waals surface area contributed by atoms with E-state index in [9.17, 15) is 19.2 Å². The Labute approximate surface area is 190 Å². The molecule has 0 aliphatic carbocycles. The Balaban J connectivity index is -0.000000383. The van der Waals surface area contributed by atoms with E-state index in [-0.39, 0.29) is 33.1 Å². The van der Waals surface area contributed by atoms with Gasteiger partial charge in [0.05, 0.1) is 27.1 Å². The molecule has 0 aliphatic heterocycles. The zero-order chi connectivity index (χ0) is 23.7. The molecule has 29 heavy (non-hydrogen) atoms. The zero-order valence-electron chi connectivity index (χ0n) is 18.9. The fraction of sp³-hybridized carbons (Fsp3) is 0.800. The van der Waals surface area contributed by atoms with E-state index in [2.05, 4.69) is 22.1 Å². The fourth-order valence-corrected chi connectivity index (χ4v) is 2.31. The van der Waals surface area contributed by atoms with Crippen LogP contribution >= 0.6 is 36.0 Å². The molecular formula is C20H37ClO6S2. The number of carbonyl (C=O) groups is 4. The van der Waals surface area contributed by atoms with E-state index < -0.39 is 0 Å². The van der Waals surface area contributed by atoms with Gasteiger partial charge in [-0.1, -0.05) is 53.3 Å². The van der Waals surface area contributed by atoms with Crippen LogP contribution in [0, 0.1) is 10.8 Å². The summed E-state index contributed by atoms with van der Waals surface area (Å²) in [4.78, 5) is 42.9. The molecule has 0 saturated heterocycles. The van der Waals surface area contributed by atoms with E-state index in [1.165, 1.54) is 26.0 Å². The number of methoxy groups -OCH3 is 2. The summed E-state index contributed by atoms with van der Waals surface area (Å²) in [6, 6.07) is 0. The molecule has 0 amide bonds. The van der Waals surface area contributed by atoms with Gasteiger partial charge in [0.2, 0.25) is 5.24 Å². The first-order chi connectivity index (χ1) is 13.2. The summed E-state index contributed by atoms with van der Waals surface area (Å²) >= 11 is 10.3. The van der Waals surface area contributed by atoms with E-state index >= 15 is 0 Å². The summed E-state index contributed by atoms with van der Waals surface area (Å²) in [5.41, 5.74) is -0.623. The summed E-state index contributed by atoms with van der Waals surface area (Å²) in [7, 11) is 2.72. The Bertz CT molecular complexity index is 507. The first kappa shape index (κ1) is 32.9. The average Bonchev–Trinajstić information content (AvgIpc) is 2.68. The quantitative estimate of drug-likeness (QED) is 0.289. The predicted molar refractivity (Wildman–Crippen MR) is 124 cm³/mol. The molecule has 0 bridgehead atoms. The second kappa shape index (κ2) is 18.1. The van der Waals surface area contributed by atoms with Gasteiger partial charge >= 0.3 is 11.9 Å². The normalized spacial score (nSPS) is 10.6. The van der Waals surface area contributed by atoms with Gasteiger partial charge in [0.1, 0.15) is 0 Å². The first-order valence-corrected chi connectivity index (χ1v) is 11.4. The van der Waals surface area contributed by atoms with Crippen molar-refractivity contribution in [3.05, 3.63) is 0 Å². The highest BCUT2D eigenvalue weighted by atomic mass is 35.5. The maximum atomic E-state index is 11.6. The number of thioether (sulfide) groups is 1. The minimum atomic E-state index is -0.332. The predicted octanol–water partition coefficient (Wildman–Crippen LogP) is 4.91. The highest BCUT2D eigenvalue weighted by Crippen LogP contribution is 2.27. The summed E-state index contributed by atoms with van der Waals surface area (Å²) in [6.07, 6.45) is 2.32. The highest BCUT2D eigenvalue weighted by Gasteiger charge is 2.25. The fourth-order valence-electron chi connectivity index (χ4n) is 1.00. The lowest BCUT2D eigenvalue weighted by molar-refractivity contribution is -0.141. The summed E-state index contributed by atoms with van der Waals surface area (Å²) in [5.74, 6) is 0.608. The largest absolute Gasteiger partial charge is 0.469 e. The Morgan fingerprint density at radius 3 is 1.52 bits per heavy atom.